The fourth-order valence-corrected chi connectivity index (χ4v) is 11.9. The van der Waals surface area contributed by atoms with E-state index in [1.165, 1.54) is 135 Å². The summed E-state index contributed by atoms with van der Waals surface area (Å²) < 4.78 is 68.2. The highest BCUT2D eigenvalue weighted by atomic mass is 31.2. The number of carbonyl (C=O) groups excluding carboxylic acids is 4. The average Bonchev–Trinajstić information content (AvgIpc) is 3.38. The Morgan fingerprint density at radius 3 is 0.807 bits per heavy atom. The summed E-state index contributed by atoms with van der Waals surface area (Å²) in [5.74, 6) is 0.843. The molecular formula is C69H134O17P2. The molecule has 3 N–H and O–H groups in total. The van der Waals surface area contributed by atoms with Gasteiger partial charge in [0, 0.05) is 25.7 Å². The zero-order valence-electron chi connectivity index (χ0n) is 57.3. The summed E-state index contributed by atoms with van der Waals surface area (Å²) in [6, 6.07) is 0. The van der Waals surface area contributed by atoms with Crippen LogP contribution in [0.1, 0.15) is 338 Å². The van der Waals surface area contributed by atoms with Gasteiger partial charge in [-0.15, -0.1) is 0 Å². The summed E-state index contributed by atoms with van der Waals surface area (Å²) in [5.41, 5.74) is 0. The molecule has 88 heavy (non-hydrogen) atoms. The van der Waals surface area contributed by atoms with E-state index in [-0.39, 0.29) is 25.7 Å². The van der Waals surface area contributed by atoms with Crippen LogP contribution in [0.4, 0.5) is 0 Å². The molecule has 0 amide bonds. The van der Waals surface area contributed by atoms with Gasteiger partial charge < -0.3 is 33.8 Å². The molecule has 0 rings (SSSR count). The maximum absolute atomic E-state index is 13.0. The lowest BCUT2D eigenvalue weighted by molar-refractivity contribution is -0.161. The van der Waals surface area contributed by atoms with Crippen molar-refractivity contribution in [1.29, 1.82) is 0 Å². The highest BCUT2D eigenvalue weighted by Crippen LogP contribution is 2.45. The number of esters is 4. The minimum Gasteiger partial charge on any atom is -0.462 e. The standard InChI is InChI=1S/C69H134O17P2/c1-9-62(8)48-40-32-27-28-34-42-50-67(72)80-56-65(86-69(74)52-44-36-26-18-14-13-16-22-30-38-46-60(4)5)58-84-88(77,78)82-54-63(70)53-81-87(75,76)83-57-64(55-79-66(71)49-41-33-24-20-19-23-31-39-47-61(6)7)85-68(73)51-43-35-25-17-12-10-11-15-21-29-37-45-59(2)3/h59-65,70H,9-58H2,1-8H3,(H,75,76)(H,77,78)/t62?,63?,64-,65-/m1/s1. The molecule has 0 aromatic carbocycles. The third-order valence-electron chi connectivity index (χ3n) is 16.2. The van der Waals surface area contributed by atoms with Gasteiger partial charge in [-0.25, -0.2) is 9.13 Å². The van der Waals surface area contributed by atoms with E-state index >= 15 is 0 Å². The molecule has 0 aromatic rings. The number of aliphatic hydroxyl groups is 1. The molecule has 0 bridgehead atoms. The van der Waals surface area contributed by atoms with Crippen LogP contribution in [0.2, 0.25) is 0 Å². The van der Waals surface area contributed by atoms with Crippen LogP contribution in [0, 0.1) is 23.7 Å². The minimum absolute atomic E-state index is 0.104. The average molecular weight is 1300 g/mol. The summed E-state index contributed by atoms with van der Waals surface area (Å²) in [4.78, 5) is 72.5. The summed E-state index contributed by atoms with van der Waals surface area (Å²) in [6.07, 6.45) is 40.3. The third kappa shape index (κ3) is 61.6. The molecule has 0 spiro atoms. The highest BCUT2D eigenvalue weighted by molar-refractivity contribution is 7.47. The van der Waals surface area contributed by atoms with Crippen molar-refractivity contribution in [1.82, 2.24) is 0 Å². The Morgan fingerprint density at radius 2 is 0.545 bits per heavy atom. The maximum atomic E-state index is 13.0. The number of hydrogen-bond donors (Lipinski definition) is 3. The number of unbranched alkanes of at least 4 members (excludes halogenated alkanes) is 31. The molecule has 0 aliphatic heterocycles. The zero-order valence-corrected chi connectivity index (χ0v) is 59.1. The lowest BCUT2D eigenvalue weighted by Gasteiger charge is -2.21. The highest BCUT2D eigenvalue weighted by Gasteiger charge is 2.30. The Balaban J connectivity index is 5.27. The van der Waals surface area contributed by atoms with Crippen molar-refractivity contribution in [3.05, 3.63) is 0 Å². The van der Waals surface area contributed by atoms with Gasteiger partial charge in [-0.05, 0) is 49.4 Å². The minimum atomic E-state index is -4.95. The lowest BCUT2D eigenvalue weighted by atomic mass is 10.00. The van der Waals surface area contributed by atoms with E-state index < -0.39 is 97.5 Å². The lowest BCUT2D eigenvalue weighted by Crippen LogP contribution is -2.30. The number of rotatable bonds is 66. The van der Waals surface area contributed by atoms with Gasteiger partial charge in [-0.2, -0.15) is 0 Å². The first-order valence-electron chi connectivity index (χ1n) is 35.7. The second kappa shape index (κ2) is 58.8. The fraction of sp³-hybridized carbons (Fsp3) is 0.942. The van der Waals surface area contributed by atoms with Gasteiger partial charge in [0.05, 0.1) is 26.4 Å². The van der Waals surface area contributed by atoms with E-state index in [9.17, 15) is 43.2 Å². The first kappa shape index (κ1) is 86.1. The van der Waals surface area contributed by atoms with Crippen LogP contribution in [-0.4, -0.2) is 96.7 Å². The number of hydrogen-bond acceptors (Lipinski definition) is 15. The summed E-state index contributed by atoms with van der Waals surface area (Å²) in [7, 11) is -9.90. The van der Waals surface area contributed by atoms with Crippen LogP contribution in [0.15, 0.2) is 0 Å². The van der Waals surface area contributed by atoms with E-state index in [2.05, 4.69) is 55.4 Å². The first-order valence-corrected chi connectivity index (χ1v) is 38.7. The Kier molecular flexibility index (Phi) is 57.6. The quantitative estimate of drug-likeness (QED) is 0.0222. The van der Waals surface area contributed by atoms with Crippen molar-refractivity contribution >= 4 is 39.5 Å². The SMILES string of the molecule is CCC(C)CCCCCCCCC(=O)OC[C@H](COP(=O)(O)OCC(O)COP(=O)(O)OC[C@@H](COC(=O)CCCCCCCCCCC(C)C)OC(=O)CCCCCCCCCCCCCC(C)C)OC(=O)CCCCCCCCCCCCC(C)C. The summed E-state index contributed by atoms with van der Waals surface area (Å²) >= 11 is 0. The topological polar surface area (TPSA) is 237 Å². The number of phosphoric acid groups is 2. The molecule has 4 unspecified atom stereocenters. The van der Waals surface area contributed by atoms with Crippen molar-refractivity contribution in [3.63, 3.8) is 0 Å². The van der Waals surface area contributed by atoms with Crippen LogP contribution in [0.5, 0.6) is 0 Å². The van der Waals surface area contributed by atoms with Crippen molar-refractivity contribution in [2.45, 2.75) is 356 Å². The van der Waals surface area contributed by atoms with Crippen LogP contribution in [-0.2, 0) is 65.4 Å². The van der Waals surface area contributed by atoms with E-state index in [0.717, 1.165) is 120 Å². The van der Waals surface area contributed by atoms with Gasteiger partial charge >= 0.3 is 39.5 Å². The largest absolute Gasteiger partial charge is 0.472 e. The Labute approximate surface area is 537 Å². The van der Waals surface area contributed by atoms with Gasteiger partial charge in [0.25, 0.3) is 0 Å². The van der Waals surface area contributed by atoms with Gasteiger partial charge in [-0.1, -0.05) is 287 Å². The second-order valence-corrected chi connectivity index (χ2v) is 29.5. The molecule has 17 nitrogen and oxygen atoms in total. The molecule has 0 aliphatic carbocycles. The van der Waals surface area contributed by atoms with E-state index in [0.29, 0.717) is 25.7 Å². The number of aliphatic hydroxyl groups excluding tert-OH is 1. The predicted octanol–water partition coefficient (Wildman–Crippen LogP) is 19.3. The molecule has 0 saturated heterocycles. The third-order valence-corrected chi connectivity index (χ3v) is 18.1. The van der Waals surface area contributed by atoms with Crippen molar-refractivity contribution in [2.75, 3.05) is 39.6 Å². The normalized spacial score (nSPS) is 14.6. The molecule has 0 aliphatic rings. The second-order valence-electron chi connectivity index (χ2n) is 26.6. The zero-order chi connectivity index (χ0) is 65.4. The molecule has 0 radical (unpaired) electrons. The van der Waals surface area contributed by atoms with Gasteiger partial charge in [-0.3, -0.25) is 37.3 Å². The summed E-state index contributed by atoms with van der Waals surface area (Å²) in [5, 5.41) is 10.6. The van der Waals surface area contributed by atoms with Gasteiger partial charge in [0.2, 0.25) is 0 Å². The van der Waals surface area contributed by atoms with Gasteiger partial charge in [0.15, 0.2) is 12.2 Å². The Morgan fingerprint density at radius 1 is 0.318 bits per heavy atom. The van der Waals surface area contributed by atoms with E-state index in [1.807, 2.05) is 0 Å². The van der Waals surface area contributed by atoms with Crippen LogP contribution < -0.4 is 0 Å². The number of phosphoric ester groups is 2. The van der Waals surface area contributed by atoms with Crippen LogP contribution in [0.3, 0.4) is 0 Å². The molecule has 0 aromatic heterocycles. The molecule has 6 atom stereocenters. The van der Waals surface area contributed by atoms with Crippen molar-refractivity contribution in [2.24, 2.45) is 23.7 Å². The Hall–Kier alpha value is -1.94. The molecule has 522 valence electrons. The monoisotopic (exact) mass is 1300 g/mol. The summed E-state index contributed by atoms with van der Waals surface area (Å²) in [6.45, 7) is 14.1. The smallest absolute Gasteiger partial charge is 0.462 e. The number of carbonyl (C=O) groups is 4. The number of ether oxygens (including phenoxy) is 4. The first-order chi connectivity index (χ1) is 42.1. The van der Waals surface area contributed by atoms with E-state index in [1.54, 1.807) is 0 Å². The Bertz CT molecular complexity index is 1750. The van der Waals surface area contributed by atoms with Crippen molar-refractivity contribution in [3.8, 4) is 0 Å². The van der Waals surface area contributed by atoms with Crippen molar-refractivity contribution < 1.29 is 80.2 Å². The molecule has 19 heteroatoms. The van der Waals surface area contributed by atoms with Crippen LogP contribution >= 0.6 is 15.6 Å². The van der Waals surface area contributed by atoms with Crippen LogP contribution in [0.25, 0.3) is 0 Å². The maximum Gasteiger partial charge on any atom is 0.472 e. The molecule has 0 fully saturated rings. The molecular weight excluding hydrogens is 1160 g/mol. The molecule has 0 saturated carbocycles. The fourth-order valence-electron chi connectivity index (χ4n) is 10.3. The van der Waals surface area contributed by atoms with E-state index in [4.69, 9.17) is 37.0 Å². The van der Waals surface area contributed by atoms with Gasteiger partial charge in [0.1, 0.15) is 19.3 Å². The predicted molar refractivity (Wildman–Crippen MR) is 354 cm³/mol. The molecule has 0 heterocycles.